The summed E-state index contributed by atoms with van der Waals surface area (Å²) < 4.78 is 28.5. The van der Waals surface area contributed by atoms with E-state index in [-0.39, 0.29) is 10.5 Å². The predicted octanol–water partition coefficient (Wildman–Crippen LogP) is 0.897. The van der Waals surface area contributed by atoms with E-state index in [0.717, 1.165) is 19.3 Å². The monoisotopic (exact) mass is 285 g/mol. The molecule has 2 rings (SSSR count). The van der Waals surface area contributed by atoms with Gasteiger partial charge in [-0.2, -0.15) is 0 Å². The molecule has 1 aromatic carbocycles. The quantitative estimate of drug-likeness (QED) is 0.697. The Kier molecular flexibility index (Phi) is 3.71. The van der Waals surface area contributed by atoms with Crippen molar-refractivity contribution in [1.29, 1.82) is 0 Å². The summed E-state index contributed by atoms with van der Waals surface area (Å²) in [5.74, 6) is 0. The molecule has 7 heteroatoms. The van der Waals surface area contributed by atoms with Crippen molar-refractivity contribution in [2.24, 2.45) is 5.14 Å². The molecule has 0 bridgehead atoms. The minimum absolute atomic E-state index is 0.0121. The minimum atomic E-state index is -3.80. The lowest BCUT2D eigenvalue weighted by Gasteiger charge is -2.40. The van der Waals surface area contributed by atoms with Gasteiger partial charge in [-0.15, -0.1) is 0 Å². The van der Waals surface area contributed by atoms with Gasteiger partial charge in [0, 0.05) is 19.3 Å². The van der Waals surface area contributed by atoms with Gasteiger partial charge in [-0.05, 0) is 37.5 Å². The highest BCUT2D eigenvalue weighted by molar-refractivity contribution is 7.89. The summed E-state index contributed by atoms with van der Waals surface area (Å²) in [4.78, 5) is 0.0121. The van der Waals surface area contributed by atoms with Gasteiger partial charge < -0.3 is 15.8 Å². The Morgan fingerprint density at radius 3 is 2.58 bits per heavy atom. The van der Waals surface area contributed by atoms with Gasteiger partial charge in [0.25, 0.3) is 0 Å². The molecule has 0 aliphatic heterocycles. The third-order valence-electron chi connectivity index (χ3n) is 3.61. The Morgan fingerprint density at radius 1 is 1.42 bits per heavy atom. The zero-order valence-electron chi connectivity index (χ0n) is 10.8. The van der Waals surface area contributed by atoms with Gasteiger partial charge in [-0.1, -0.05) is 0 Å². The van der Waals surface area contributed by atoms with Crippen molar-refractivity contribution in [3.8, 4) is 0 Å². The fourth-order valence-corrected chi connectivity index (χ4v) is 2.95. The summed E-state index contributed by atoms with van der Waals surface area (Å²) >= 11 is 0. The number of hydrogen-bond acceptors (Lipinski definition) is 5. The van der Waals surface area contributed by atoms with Crippen LogP contribution in [0.3, 0.4) is 0 Å². The number of nitrogens with one attached hydrogen (secondary N) is 1. The van der Waals surface area contributed by atoms with Gasteiger partial charge >= 0.3 is 0 Å². The van der Waals surface area contributed by atoms with E-state index in [1.807, 2.05) is 0 Å². The average molecular weight is 285 g/mol. The van der Waals surface area contributed by atoms with E-state index in [1.54, 1.807) is 19.2 Å². The van der Waals surface area contributed by atoms with E-state index in [4.69, 9.17) is 15.6 Å². The second kappa shape index (κ2) is 4.99. The molecule has 0 saturated heterocycles. The molecule has 0 heterocycles. The van der Waals surface area contributed by atoms with Crippen LogP contribution < -0.4 is 16.2 Å². The fourth-order valence-electron chi connectivity index (χ4n) is 2.20. The lowest BCUT2D eigenvalue weighted by Crippen LogP contribution is -2.45. The Labute approximate surface area is 113 Å². The van der Waals surface area contributed by atoms with Gasteiger partial charge in [0.2, 0.25) is 10.0 Å². The molecule has 106 valence electrons. The second-order valence-electron chi connectivity index (χ2n) is 4.89. The highest BCUT2D eigenvalue weighted by Crippen LogP contribution is 2.35. The van der Waals surface area contributed by atoms with Crippen molar-refractivity contribution < 1.29 is 13.2 Å². The molecule has 5 N–H and O–H groups in total. The van der Waals surface area contributed by atoms with Crippen molar-refractivity contribution in [1.82, 2.24) is 0 Å². The Hall–Kier alpha value is -1.31. The zero-order valence-corrected chi connectivity index (χ0v) is 11.7. The topological polar surface area (TPSA) is 107 Å². The first-order valence-corrected chi connectivity index (χ1v) is 7.62. The van der Waals surface area contributed by atoms with Crippen LogP contribution in [0.5, 0.6) is 0 Å². The number of primary sulfonamides is 1. The van der Waals surface area contributed by atoms with E-state index in [9.17, 15) is 8.42 Å². The minimum Gasteiger partial charge on any atom is -0.399 e. The fraction of sp³-hybridized carbons (Fsp3) is 0.500. The van der Waals surface area contributed by atoms with Crippen molar-refractivity contribution in [2.75, 3.05) is 24.7 Å². The van der Waals surface area contributed by atoms with Crippen molar-refractivity contribution in [2.45, 2.75) is 29.8 Å². The molecule has 0 radical (unpaired) electrons. The smallest absolute Gasteiger partial charge is 0.240 e. The molecule has 0 unspecified atom stereocenters. The van der Waals surface area contributed by atoms with E-state index < -0.39 is 10.0 Å². The number of hydrogen-bond donors (Lipinski definition) is 3. The number of sulfonamides is 1. The summed E-state index contributed by atoms with van der Waals surface area (Å²) in [5.41, 5.74) is 6.22. The Morgan fingerprint density at radius 2 is 2.11 bits per heavy atom. The largest absolute Gasteiger partial charge is 0.399 e. The van der Waals surface area contributed by atoms with Crippen LogP contribution in [0, 0.1) is 0 Å². The van der Waals surface area contributed by atoms with E-state index in [2.05, 4.69) is 5.32 Å². The molecule has 0 spiro atoms. The van der Waals surface area contributed by atoms with E-state index >= 15 is 0 Å². The van der Waals surface area contributed by atoms with E-state index in [1.165, 1.54) is 6.07 Å². The molecule has 1 aliphatic rings. The number of nitrogen functional groups attached to an aromatic ring is 1. The number of rotatable bonds is 5. The van der Waals surface area contributed by atoms with Crippen molar-refractivity contribution in [3.63, 3.8) is 0 Å². The molecule has 0 amide bonds. The summed E-state index contributed by atoms with van der Waals surface area (Å²) in [5, 5.41) is 8.29. The van der Waals surface area contributed by atoms with Gasteiger partial charge in [0.15, 0.2) is 0 Å². The normalized spacial score (nSPS) is 17.8. The first kappa shape index (κ1) is 14.1. The summed E-state index contributed by atoms with van der Waals surface area (Å²) in [6.07, 6.45) is 3.06. The highest BCUT2D eigenvalue weighted by Gasteiger charge is 2.36. The average Bonchev–Trinajstić information content (AvgIpc) is 2.28. The zero-order chi connectivity index (χ0) is 14.1. The first-order chi connectivity index (χ1) is 8.86. The van der Waals surface area contributed by atoms with Crippen LogP contribution in [0.4, 0.5) is 11.4 Å². The maximum absolute atomic E-state index is 11.5. The second-order valence-corrected chi connectivity index (χ2v) is 6.42. The van der Waals surface area contributed by atoms with Gasteiger partial charge in [-0.25, -0.2) is 13.6 Å². The number of benzene rings is 1. The SMILES string of the molecule is COC1(CNc2ccc(N)cc2S(N)(=O)=O)CCC1. The molecule has 1 aliphatic carbocycles. The van der Waals surface area contributed by atoms with Crippen LogP contribution in [-0.4, -0.2) is 27.7 Å². The maximum Gasteiger partial charge on any atom is 0.240 e. The Bertz CT molecular complexity index is 562. The number of methoxy groups -OCH3 is 1. The van der Waals surface area contributed by atoms with Crippen LogP contribution >= 0.6 is 0 Å². The highest BCUT2D eigenvalue weighted by atomic mass is 32.2. The summed E-state index contributed by atoms with van der Waals surface area (Å²) in [6.45, 7) is 0.552. The molecule has 1 aromatic rings. The summed E-state index contributed by atoms with van der Waals surface area (Å²) in [6, 6.07) is 4.62. The van der Waals surface area contributed by atoms with Gasteiger partial charge in [-0.3, -0.25) is 0 Å². The molecule has 6 nitrogen and oxygen atoms in total. The van der Waals surface area contributed by atoms with Crippen LogP contribution in [0.25, 0.3) is 0 Å². The molecule has 0 atom stereocenters. The van der Waals surface area contributed by atoms with Crippen LogP contribution in [0.15, 0.2) is 23.1 Å². The van der Waals surface area contributed by atoms with Gasteiger partial charge in [0.05, 0.1) is 11.3 Å². The Balaban J connectivity index is 2.21. The lowest BCUT2D eigenvalue weighted by atomic mass is 9.80. The number of anilines is 2. The lowest BCUT2D eigenvalue weighted by molar-refractivity contribution is -0.0601. The van der Waals surface area contributed by atoms with Crippen LogP contribution in [0.1, 0.15) is 19.3 Å². The predicted molar refractivity (Wildman–Crippen MR) is 74.3 cm³/mol. The van der Waals surface area contributed by atoms with Crippen molar-refractivity contribution >= 4 is 21.4 Å². The molecule has 0 aromatic heterocycles. The molecule has 19 heavy (non-hydrogen) atoms. The number of ether oxygens (including phenoxy) is 1. The van der Waals surface area contributed by atoms with E-state index in [0.29, 0.717) is 17.9 Å². The molecular weight excluding hydrogens is 266 g/mol. The summed E-state index contributed by atoms with van der Waals surface area (Å²) in [7, 11) is -2.13. The van der Waals surface area contributed by atoms with Crippen LogP contribution in [0.2, 0.25) is 0 Å². The standard InChI is InChI=1S/C12H19N3O3S/c1-18-12(5-2-6-12)8-15-10-4-3-9(13)7-11(10)19(14,16)17/h3-4,7,15H,2,5-6,8,13H2,1H3,(H2,14,16,17). The first-order valence-electron chi connectivity index (χ1n) is 6.08. The molecule has 1 fully saturated rings. The molecule has 1 saturated carbocycles. The van der Waals surface area contributed by atoms with Crippen LogP contribution in [-0.2, 0) is 14.8 Å². The third kappa shape index (κ3) is 2.99. The third-order valence-corrected chi connectivity index (χ3v) is 4.56. The molecular formula is C12H19N3O3S. The maximum atomic E-state index is 11.5. The van der Waals surface area contributed by atoms with Crippen molar-refractivity contribution in [3.05, 3.63) is 18.2 Å². The number of nitrogens with two attached hydrogens (primary N) is 2. The van der Waals surface area contributed by atoms with Gasteiger partial charge in [0.1, 0.15) is 4.90 Å².